The number of hydrogen-bond acceptors (Lipinski definition) is 1. The normalized spacial score (nSPS) is 11.6. The molecule has 0 atom stereocenters. The Kier molecular flexibility index (Phi) is 3.51. The maximum absolute atomic E-state index is 4.45. The summed E-state index contributed by atoms with van der Waals surface area (Å²) >= 11 is 0. The minimum absolute atomic E-state index is 0.175. The highest BCUT2D eigenvalue weighted by atomic mass is 14.7. The minimum atomic E-state index is 0.175. The van der Waals surface area contributed by atoms with Gasteiger partial charge in [-0.2, -0.15) is 0 Å². The van der Waals surface area contributed by atoms with Crippen molar-refractivity contribution in [1.29, 1.82) is 0 Å². The Labute approximate surface area is 110 Å². The van der Waals surface area contributed by atoms with Crippen molar-refractivity contribution in [3.05, 3.63) is 53.7 Å². The molecule has 0 radical (unpaired) electrons. The van der Waals surface area contributed by atoms with Crippen molar-refractivity contribution in [1.82, 2.24) is 4.98 Å². The molecular formula is C17H21N. The smallest absolute Gasteiger partial charge is 0.0702 e. The average Bonchev–Trinajstić information content (AvgIpc) is 2.38. The quantitative estimate of drug-likeness (QED) is 0.746. The van der Waals surface area contributed by atoms with Crippen molar-refractivity contribution in [2.75, 3.05) is 0 Å². The molecular weight excluding hydrogens is 218 g/mol. The number of aryl methyl sites for hydroxylation is 1. The number of nitrogens with zero attached hydrogens (tertiary/aromatic N) is 1. The standard InChI is InChI=1S/C17H21N/c1-5-13-10-14(16-8-6-7-9-18-16)12-15(11-13)17(2,3)4/h6-12H,5H2,1-4H3. The van der Waals surface area contributed by atoms with Crippen LogP contribution in [0.1, 0.15) is 38.8 Å². The van der Waals surface area contributed by atoms with Gasteiger partial charge in [-0.15, -0.1) is 0 Å². The predicted octanol–water partition coefficient (Wildman–Crippen LogP) is 4.61. The zero-order chi connectivity index (χ0) is 13.2. The van der Waals surface area contributed by atoms with Gasteiger partial charge in [0.15, 0.2) is 0 Å². The molecule has 0 aliphatic carbocycles. The van der Waals surface area contributed by atoms with E-state index in [-0.39, 0.29) is 5.41 Å². The molecule has 1 heteroatoms. The molecule has 0 unspecified atom stereocenters. The highest BCUT2D eigenvalue weighted by Gasteiger charge is 2.15. The lowest BCUT2D eigenvalue weighted by atomic mass is 9.84. The molecule has 1 aromatic carbocycles. The van der Waals surface area contributed by atoms with E-state index in [2.05, 4.69) is 56.9 Å². The number of aromatic nitrogens is 1. The Morgan fingerprint density at radius 3 is 2.39 bits per heavy atom. The van der Waals surface area contributed by atoms with Gasteiger partial charge in [-0.05, 0) is 47.2 Å². The predicted molar refractivity (Wildman–Crippen MR) is 77.8 cm³/mol. The molecule has 0 N–H and O–H groups in total. The zero-order valence-corrected chi connectivity index (χ0v) is 11.7. The van der Waals surface area contributed by atoms with Crippen LogP contribution in [0.2, 0.25) is 0 Å². The summed E-state index contributed by atoms with van der Waals surface area (Å²) in [5.41, 5.74) is 5.21. The lowest BCUT2D eigenvalue weighted by Crippen LogP contribution is -2.11. The van der Waals surface area contributed by atoms with Gasteiger partial charge in [-0.3, -0.25) is 4.98 Å². The van der Waals surface area contributed by atoms with Crippen molar-refractivity contribution in [2.24, 2.45) is 0 Å². The van der Waals surface area contributed by atoms with Gasteiger partial charge in [-0.1, -0.05) is 39.8 Å². The van der Waals surface area contributed by atoms with Gasteiger partial charge in [0.05, 0.1) is 5.69 Å². The number of hydrogen-bond donors (Lipinski definition) is 0. The SMILES string of the molecule is CCc1cc(-c2ccccn2)cc(C(C)(C)C)c1. The highest BCUT2D eigenvalue weighted by Crippen LogP contribution is 2.28. The van der Waals surface area contributed by atoms with Crippen LogP contribution in [0.5, 0.6) is 0 Å². The van der Waals surface area contributed by atoms with Gasteiger partial charge in [-0.25, -0.2) is 0 Å². The van der Waals surface area contributed by atoms with Gasteiger partial charge in [0, 0.05) is 11.8 Å². The van der Waals surface area contributed by atoms with E-state index >= 15 is 0 Å². The second kappa shape index (κ2) is 4.93. The summed E-state index contributed by atoms with van der Waals surface area (Å²) in [6.45, 7) is 8.96. The van der Waals surface area contributed by atoms with Crippen LogP contribution < -0.4 is 0 Å². The molecule has 0 amide bonds. The average molecular weight is 239 g/mol. The minimum Gasteiger partial charge on any atom is -0.256 e. The van der Waals surface area contributed by atoms with Crippen LogP contribution in [0.4, 0.5) is 0 Å². The maximum atomic E-state index is 4.45. The first-order valence-electron chi connectivity index (χ1n) is 6.56. The summed E-state index contributed by atoms with van der Waals surface area (Å²) in [5, 5.41) is 0. The van der Waals surface area contributed by atoms with Crippen LogP contribution in [0, 0.1) is 0 Å². The van der Waals surface area contributed by atoms with Crippen LogP contribution >= 0.6 is 0 Å². The molecule has 1 aromatic heterocycles. The Bertz CT molecular complexity index is 521. The molecule has 94 valence electrons. The van der Waals surface area contributed by atoms with Gasteiger partial charge in [0.1, 0.15) is 0 Å². The van der Waals surface area contributed by atoms with Crippen LogP contribution in [-0.2, 0) is 11.8 Å². The molecule has 2 rings (SSSR count). The molecule has 18 heavy (non-hydrogen) atoms. The zero-order valence-electron chi connectivity index (χ0n) is 11.7. The van der Waals surface area contributed by atoms with Gasteiger partial charge in [0.25, 0.3) is 0 Å². The third kappa shape index (κ3) is 2.79. The third-order valence-electron chi connectivity index (χ3n) is 3.23. The van der Waals surface area contributed by atoms with Crippen LogP contribution in [0.25, 0.3) is 11.3 Å². The fourth-order valence-corrected chi connectivity index (χ4v) is 2.01. The molecule has 0 saturated heterocycles. The van der Waals surface area contributed by atoms with Gasteiger partial charge >= 0.3 is 0 Å². The number of pyridine rings is 1. The Morgan fingerprint density at radius 1 is 1.06 bits per heavy atom. The van der Waals surface area contributed by atoms with Crippen molar-refractivity contribution in [2.45, 2.75) is 39.5 Å². The molecule has 0 aliphatic rings. The molecule has 0 bridgehead atoms. The summed E-state index contributed by atoms with van der Waals surface area (Å²) in [5.74, 6) is 0. The number of benzene rings is 1. The van der Waals surface area contributed by atoms with Crippen LogP contribution in [0.3, 0.4) is 0 Å². The lowest BCUT2D eigenvalue weighted by molar-refractivity contribution is 0.589. The van der Waals surface area contributed by atoms with Crippen molar-refractivity contribution in [3.63, 3.8) is 0 Å². The highest BCUT2D eigenvalue weighted by molar-refractivity contribution is 5.61. The summed E-state index contributed by atoms with van der Waals surface area (Å²) < 4.78 is 0. The Hall–Kier alpha value is -1.63. The van der Waals surface area contributed by atoms with E-state index in [1.54, 1.807) is 0 Å². The molecule has 0 aliphatic heterocycles. The number of rotatable bonds is 2. The molecule has 0 spiro atoms. The fourth-order valence-electron chi connectivity index (χ4n) is 2.01. The molecule has 1 nitrogen and oxygen atoms in total. The second-order valence-corrected chi connectivity index (χ2v) is 5.74. The van der Waals surface area contributed by atoms with E-state index in [9.17, 15) is 0 Å². The van der Waals surface area contributed by atoms with Crippen LogP contribution in [-0.4, -0.2) is 4.98 Å². The van der Waals surface area contributed by atoms with Crippen LogP contribution in [0.15, 0.2) is 42.6 Å². The maximum Gasteiger partial charge on any atom is 0.0702 e. The molecule has 0 fully saturated rings. The molecule has 1 heterocycles. The third-order valence-corrected chi connectivity index (χ3v) is 3.23. The summed E-state index contributed by atoms with van der Waals surface area (Å²) in [6.07, 6.45) is 2.91. The van der Waals surface area contributed by atoms with Crippen molar-refractivity contribution >= 4 is 0 Å². The first-order chi connectivity index (χ1) is 8.50. The van der Waals surface area contributed by atoms with E-state index < -0.39 is 0 Å². The topological polar surface area (TPSA) is 12.9 Å². The van der Waals surface area contributed by atoms with E-state index in [0.717, 1.165) is 12.1 Å². The van der Waals surface area contributed by atoms with E-state index in [1.807, 2.05) is 18.3 Å². The first kappa shape index (κ1) is 12.8. The second-order valence-electron chi connectivity index (χ2n) is 5.74. The first-order valence-corrected chi connectivity index (χ1v) is 6.56. The van der Waals surface area contributed by atoms with Gasteiger partial charge in [0.2, 0.25) is 0 Å². The fraction of sp³-hybridized carbons (Fsp3) is 0.353. The summed E-state index contributed by atoms with van der Waals surface area (Å²) in [4.78, 5) is 4.45. The van der Waals surface area contributed by atoms with Gasteiger partial charge < -0.3 is 0 Å². The van der Waals surface area contributed by atoms with Crippen molar-refractivity contribution < 1.29 is 0 Å². The lowest BCUT2D eigenvalue weighted by Gasteiger charge is -2.21. The summed E-state index contributed by atoms with van der Waals surface area (Å²) in [6, 6.07) is 12.9. The monoisotopic (exact) mass is 239 g/mol. The van der Waals surface area contributed by atoms with E-state index in [1.165, 1.54) is 16.7 Å². The van der Waals surface area contributed by atoms with E-state index in [0.29, 0.717) is 0 Å². The Balaban J connectivity index is 2.55. The molecule has 2 aromatic rings. The largest absolute Gasteiger partial charge is 0.256 e. The Morgan fingerprint density at radius 2 is 1.83 bits per heavy atom. The van der Waals surface area contributed by atoms with Crippen molar-refractivity contribution in [3.8, 4) is 11.3 Å². The molecule has 0 saturated carbocycles. The van der Waals surface area contributed by atoms with E-state index in [4.69, 9.17) is 0 Å². The summed E-state index contributed by atoms with van der Waals surface area (Å²) in [7, 11) is 0.